The van der Waals surface area contributed by atoms with Crippen LogP contribution in [0, 0.1) is 6.92 Å². The van der Waals surface area contributed by atoms with Gasteiger partial charge in [-0.15, -0.1) is 0 Å². The molecule has 0 saturated carbocycles. The highest BCUT2D eigenvalue weighted by Crippen LogP contribution is 2.26. The third-order valence-electron chi connectivity index (χ3n) is 4.90. The minimum atomic E-state index is -3.69. The minimum absolute atomic E-state index is 0.0126. The molecule has 0 bridgehead atoms. The third-order valence-corrected chi connectivity index (χ3v) is 6.36. The van der Waals surface area contributed by atoms with Crippen LogP contribution in [0.4, 0.5) is 0 Å². The molecule has 7 heteroatoms. The Hall–Kier alpha value is -2.90. The Kier molecular flexibility index (Phi) is 6.74. The van der Waals surface area contributed by atoms with Crippen LogP contribution in [0.5, 0.6) is 5.75 Å². The fourth-order valence-electron chi connectivity index (χ4n) is 3.30. The molecule has 0 aliphatic rings. The van der Waals surface area contributed by atoms with E-state index in [1.807, 2.05) is 56.3 Å². The van der Waals surface area contributed by atoms with Crippen molar-refractivity contribution in [2.45, 2.75) is 31.2 Å². The first-order chi connectivity index (χ1) is 14.3. The molecular weight excluding hydrogens is 400 g/mol. The molecule has 0 aliphatic carbocycles. The number of hydrogen-bond acceptors (Lipinski definition) is 4. The summed E-state index contributed by atoms with van der Waals surface area (Å²) < 4.78 is 33.0. The predicted octanol–water partition coefficient (Wildman–Crippen LogP) is 3.70. The monoisotopic (exact) mass is 426 g/mol. The Bertz CT molecular complexity index is 1160. The normalized spacial score (nSPS) is 12.5. The van der Waals surface area contributed by atoms with Gasteiger partial charge >= 0.3 is 0 Å². The molecule has 1 atom stereocenters. The number of aryl methyl sites for hydroxylation is 1. The van der Waals surface area contributed by atoms with Crippen LogP contribution < -0.4 is 14.8 Å². The van der Waals surface area contributed by atoms with E-state index in [2.05, 4.69) is 10.0 Å². The van der Waals surface area contributed by atoms with Gasteiger partial charge in [0.15, 0.2) is 0 Å². The lowest BCUT2D eigenvalue weighted by Gasteiger charge is -2.18. The second-order valence-electron chi connectivity index (χ2n) is 7.19. The number of sulfonamides is 1. The van der Waals surface area contributed by atoms with Crippen LogP contribution in [0.3, 0.4) is 0 Å². The molecule has 158 valence electrons. The number of carbonyl (C=O) groups excluding carboxylic acids is 1. The van der Waals surface area contributed by atoms with Crippen molar-refractivity contribution >= 4 is 26.7 Å². The van der Waals surface area contributed by atoms with E-state index < -0.39 is 10.0 Å². The van der Waals surface area contributed by atoms with Crippen LogP contribution in [0.15, 0.2) is 65.6 Å². The molecule has 2 N–H and O–H groups in total. The first kappa shape index (κ1) is 21.8. The molecule has 0 fully saturated rings. The molecule has 3 aromatic rings. The molecule has 0 radical (unpaired) electrons. The number of rotatable bonds is 8. The van der Waals surface area contributed by atoms with Crippen LogP contribution in [0.1, 0.15) is 30.5 Å². The highest BCUT2D eigenvalue weighted by atomic mass is 32.2. The molecular formula is C23H26N2O4S. The Morgan fingerprint density at radius 3 is 2.50 bits per heavy atom. The molecule has 30 heavy (non-hydrogen) atoms. The fraction of sp³-hybridized carbons (Fsp3) is 0.261. The van der Waals surface area contributed by atoms with Crippen molar-refractivity contribution in [1.82, 2.24) is 10.0 Å². The van der Waals surface area contributed by atoms with Gasteiger partial charge < -0.3 is 10.1 Å². The maximum atomic E-state index is 12.6. The van der Waals surface area contributed by atoms with Crippen molar-refractivity contribution < 1.29 is 17.9 Å². The van der Waals surface area contributed by atoms with Gasteiger partial charge in [-0.25, -0.2) is 13.1 Å². The molecule has 3 aromatic carbocycles. The Morgan fingerprint density at radius 1 is 1.03 bits per heavy atom. The maximum Gasteiger partial charge on any atom is 0.240 e. The zero-order valence-corrected chi connectivity index (χ0v) is 18.1. The summed E-state index contributed by atoms with van der Waals surface area (Å²) in [4.78, 5) is 12.5. The average Bonchev–Trinajstić information content (AvgIpc) is 2.73. The van der Waals surface area contributed by atoms with Crippen LogP contribution in [0.2, 0.25) is 0 Å². The van der Waals surface area contributed by atoms with Gasteiger partial charge in [0.05, 0.1) is 18.0 Å². The highest BCUT2D eigenvalue weighted by molar-refractivity contribution is 7.89. The molecule has 0 saturated heterocycles. The number of methoxy groups -OCH3 is 1. The predicted molar refractivity (Wildman–Crippen MR) is 118 cm³/mol. The minimum Gasteiger partial charge on any atom is -0.496 e. The highest BCUT2D eigenvalue weighted by Gasteiger charge is 2.17. The van der Waals surface area contributed by atoms with Crippen molar-refractivity contribution in [3.63, 3.8) is 0 Å². The van der Waals surface area contributed by atoms with Gasteiger partial charge in [0.2, 0.25) is 15.9 Å². The van der Waals surface area contributed by atoms with Crippen LogP contribution in [-0.4, -0.2) is 28.0 Å². The zero-order valence-electron chi connectivity index (χ0n) is 17.3. The van der Waals surface area contributed by atoms with Crippen molar-refractivity contribution in [3.05, 3.63) is 71.8 Å². The van der Waals surface area contributed by atoms with Gasteiger partial charge in [-0.05, 0) is 42.8 Å². The number of nitrogens with one attached hydrogen (secondary N) is 2. The smallest absolute Gasteiger partial charge is 0.240 e. The van der Waals surface area contributed by atoms with Crippen LogP contribution in [0.25, 0.3) is 10.8 Å². The number of benzene rings is 3. The van der Waals surface area contributed by atoms with E-state index in [0.29, 0.717) is 5.75 Å². The summed E-state index contributed by atoms with van der Waals surface area (Å²) in [6, 6.07) is 18.0. The van der Waals surface area contributed by atoms with Crippen molar-refractivity contribution in [1.29, 1.82) is 0 Å². The molecule has 0 aromatic heterocycles. The summed E-state index contributed by atoms with van der Waals surface area (Å²) in [5.74, 6) is 0.456. The largest absolute Gasteiger partial charge is 0.496 e. The lowest BCUT2D eigenvalue weighted by molar-refractivity contribution is -0.121. The van der Waals surface area contributed by atoms with E-state index >= 15 is 0 Å². The number of hydrogen-bond donors (Lipinski definition) is 2. The van der Waals surface area contributed by atoms with E-state index in [-0.39, 0.29) is 29.8 Å². The van der Waals surface area contributed by atoms with Crippen molar-refractivity contribution in [2.24, 2.45) is 0 Å². The number of ether oxygens (including phenoxy) is 1. The van der Waals surface area contributed by atoms with E-state index in [9.17, 15) is 13.2 Å². The molecule has 0 heterocycles. The Labute approximate surface area is 177 Å². The van der Waals surface area contributed by atoms with Gasteiger partial charge in [0.1, 0.15) is 5.75 Å². The lowest BCUT2D eigenvalue weighted by atomic mass is 10.0. The number of carbonyl (C=O) groups is 1. The first-order valence-corrected chi connectivity index (χ1v) is 11.2. The molecule has 1 amide bonds. The molecule has 0 spiro atoms. The Morgan fingerprint density at radius 2 is 1.77 bits per heavy atom. The average molecular weight is 427 g/mol. The van der Waals surface area contributed by atoms with E-state index in [4.69, 9.17) is 4.74 Å². The first-order valence-electron chi connectivity index (χ1n) is 9.72. The summed E-state index contributed by atoms with van der Waals surface area (Å²) in [7, 11) is -2.11. The summed E-state index contributed by atoms with van der Waals surface area (Å²) in [5.41, 5.74) is 1.94. The SMILES string of the molecule is COc1ccc(C)cc1C(C)NC(=O)CCNS(=O)(=O)c1ccc2ccccc2c1. The number of amides is 1. The molecule has 6 nitrogen and oxygen atoms in total. The topological polar surface area (TPSA) is 84.5 Å². The molecule has 1 unspecified atom stereocenters. The van der Waals surface area contributed by atoms with E-state index in [1.165, 1.54) is 0 Å². The fourth-order valence-corrected chi connectivity index (χ4v) is 4.37. The van der Waals surface area contributed by atoms with Gasteiger partial charge in [-0.2, -0.15) is 0 Å². The van der Waals surface area contributed by atoms with Crippen LogP contribution >= 0.6 is 0 Å². The van der Waals surface area contributed by atoms with Crippen LogP contribution in [-0.2, 0) is 14.8 Å². The second kappa shape index (κ2) is 9.28. The number of fused-ring (bicyclic) bond motifs is 1. The summed E-state index contributed by atoms with van der Waals surface area (Å²) in [6.07, 6.45) is 0.0330. The Balaban J connectivity index is 1.58. The summed E-state index contributed by atoms with van der Waals surface area (Å²) in [6.45, 7) is 3.85. The van der Waals surface area contributed by atoms with Crippen molar-refractivity contribution in [2.75, 3.05) is 13.7 Å². The van der Waals surface area contributed by atoms with Gasteiger partial charge in [0, 0.05) is 18.5 Å². The standard InChI is InChI=1S/C23H26N2O4S/c1-16-8-11-22(29-3)21(14-16)17(2)25-23(26)12-13-24-30(27,28)20-10-9-18-6-4-5-7-19(18)15-20/h4-11,14-15,17,24H,12-13H2,1-3H3,(H,25,26). The third kappa shape index (κ3) is 5.17. The van der Waals surface area contributed by atoms with E-state index in [1.54, 1.807) is 25.3 Å². The second-order valence-corrected chi connectivity index (χ2v) is 8.96. The summed E-state index contributed by atoms with van der Waals surface area (Å²) >= 11 is 0. The molecule has 0 aliphatic heterocycles. The van der Waals surface area contributed by atoms with Gasteiger partial charge in [-0.3, -0.25) is 4.79 Å². The van der Waals surface area contributed by atoms with Crippen molar-refractivity contribution in [3.8, 4) is 5.75 Å². The lowest BCUT2D eigenvalue weighted by Crippen LogP contribution is -2.32. The summed E-state index contributed by atoms with van der Waals surface area (Å²) in [5, 5.41) is 4.71. The van der Waals surface area contributed by atoms with E-state index in [0.717, 1.165) is 21.9 Å². The molecule has 3 rings (SSSR count). The quantitative estimate of drug-likeness (QED) is 0.575. The van der Waals surface area contributed by atoms with Gasteiger partial charge in [0.25, 0.3) is 0 Å². The van der Waals surface area contributed by atoms with Gasteiger partial charge in [-0.1, -0.05) is 48.0 Å². The maximum absolute atomic E-state index is 12.6. The zero-order chi connectivity index (χ0) is 21.7.